The van der Waals surface area contributed by atoms with Crippen LogP contribution < -0.4 is 16.0 Å². The summed E-state index contributed by atoms with van der Waals surface area (Å²) < 4.78 is 16.5. The Balaban J connectivity index is 1.74. The van der Waals surface area contributed by atoms with E-state index in [1.807, 2.05) is 48.5 Å². The van der Waals surface area contributed by atoms with Gasteiger partial charge in [-0.25, -0.2) is 14.4 Å². The molecule has 2 aromatic rings. The molecular weight excluding hydrogens is 738 g/mol. The van der Waals surface area contributed by atoms with Crippen LogP contribution in [0.5, 0.6) is 0 Å². The number of hydrogen-bond acceptors (Lipinski definition) is 10. The molecule has 0 aromatic heterocycles. The summed E-state index contributed by atoms with van der Waals surface area (Å²) in [6.45, 7) is 9.65. The summed E-state index contributed by atoms with van der Waals surface area (Å²) in [6.07, 6.45) is -1.64. The fraction of sp³-hybridized carbons (Fsp3) is 0.475. The number of ether oxygens (including phenoxy) is 3. The van der Waals surface area contributed by atoms with E-state index in [0.717, 1.165) is 22.3 Å². The van der Waals surface area contributed by atoms with E-state index in [2.05, 4.69) is 25.5 Å². The predicted octanol–water partition coefficient (Wildman–Crippen LogP) is 3.63. The molecule has 17 nitrogen and oxygen atoms in total. The van der Waals surface area contributed by atoms with E-state index in [0.29, 0.717) is 12.4 Å². The number of amides is 3. The third kappa shape index (κ3) is 14.7. The third-order valence-electron chi connectivity index (χ3n) is 8.41. The van der Waals surface area contributed by atoms with Crippen LogP contribution in [0.15, 0.2) is 48.5 Å². The van der Waals surface area contributed by atoms with E-state index in [9.17, 15) is 33.6 Å². The molecule has 0 unspecified atom stereocenters. The van der Waals surface area contributed by atoms with Crippen molar-refractivity contribution in [1.29, 1.82) is 0 Å². The van der Waals surface area contributed by atoms with Crippen LogP contribution in [-0.4, -0.2) is 99.4 Å². The lowest BCUT2D eigenvalue weighted by atomic mass is 9.98. The maximum Gasteiger partial charge on any atom is 0.407 e. The molecule has 3 atom stereocenters. The first-order chi connectivity index (χ1) is 26.8. The zero-order chi connectivity index (χ0) is 42.3. The Morgan fingerprint density at radius 2 is 1.09 bits per heavy atom. The number of Topliss-reactive ketones (excluding diaryl/α,β-unsaturated/α-hetero) is 2. The van der Waals surface area contributed by atoms with E-state index >= 15 is 0 Å². The third-order valence-corrected chi connectivity index (χ3v) is 8.41. The summed E-state index contributed by atoms with van der Waals surface area (Å²) in [4.78, 5) is 95.8. The van der Waals surface area contributed by atoms with Gasteiger partial charge in [-0.3, -0.25) is 19.2 Å². The van der Waals surface area contributed by atoms with Gasteiger partial charge >= 0.3 is 30.5 Å². The Bertz CT molecular complexity index is 1890. The number of hydrogen-bond donors (Lipinski definition) is 3. The zero-order valence-corrected chi connectivity index (χ0v) is 32.9. The maximum absolute atomic E-state index is 13.6. The molecule has 0 fully saturated rings. The molecule has 0 saturated carbocycles. The molecule has 0 spiro atoms. The van der Waals surface area contributed by atoms with Crippen LogP contribution in [-0.2, 0) is 43.0 Å². The Morgan fingerprint density at radius 1 is 0.649 bits per heavy atom. The molecule has 3 amide bonds. The number of esters is 2. The Morgan fingerprint density at radius 3 is 1.56 bits per heavy atom. The predicted molar refractivity (Wildman–Crippen MR) is 205 cm³/mol. The lowest BCUT2D eigenvalue weighted by Crippen LogP contribution is -2.53. The number of alkyl carbamates (subject to hydrolysis) is 1. The molecule has 17 heteroatoms. The van der Waals surface area contributed by atoms with Crippen LogP contribution in [0, 0.1) is 0 Å². The average molecular weight is 788 g/mol. The summed E-state index contributed by atoms with van der Waals surface area (Å²) in [6, 6.07) is 11.4. The van der Waals surface area contributed by atoms with E-state index in [1.165, 1.54) is 0 Å². The Labute approximate surface area is 330 Å². The second kappa shape index (κ2) is 20.6. The van der Waals surface area contributed by atoms with Gasteiger partial charge in [0.1, 0.15) is 35.9 Å². The van der Waals surface area contributed by atoms with Crippen LogP contribution >= 0.6 is 0 Å². The molecule has 2 aromatic carbocycles. The largest absolute Gasteiger partial charge is 0.458 e. The molecule has 304 valence electrons. The number of nitrogens with one attached hydrogen (secondary N) is 3. The highest BCUT2D eigenvalue weighted by Crippen LogP contribution is 2.44. The minimum Gasteiger partial charge on any atom is -0.458 e. The second-order valence-electron chi connectivity index (χ2n) is 15.3. The molecule has 0 aliphatic heterocycles. The number of fused-ring (bicyclic) bond motifs is 3. The summed E-state index contributed by atoms with van der Waals surface area (Å²) in [7, 11) is 0. The summed E-state index contributed by atoms with van der Waals surface area (Å²) >= 11 is 0. The number of carbonyl (C=O) groups excluding carboxylic acids is 7. The van der Waals surface area contributed by atoms with Gasteiger partial charge in [0.15, 0.2) is 0 Å². The molecule has 0 heterocycles. The van der Waals surface area contributed by atoms with E-state index in [-0.39, 0.29) is 44.6 Å². The fourth-order valence-electron chi connectivity index (χ4n) is 5.94. The number of carbonyl (C=O) groups is 7. The molecule has 0 radical (unpaired) electrons. The minimum atomic E-state index is -1.44. The fourth-order valence-corrected chi connectivity index (χ4v) is 5.94. The Kier molecular flexibility index (Phi) is 16.3. The second-order valence-corrected chi connectivity index (χ2v) is 15.3. The van der Waals surface area contributed by atoms with Gasteiger partial charge in [-0.15, -0.1) is 0 Å². The van der Waals surface area contributed by atoms with Crippen LogP contribution in [0.2, 0.25) is 0 Å². The molecule has 1 aliphatic rings. The van der Waals surface area contributed by atoms with Crippen LogP contribution in [0.1, 0.15) is 97.1 Å². The molecule has 3 rings (SSSR count). The summed E-state index contributed by atoms with van der Waals surface area (Å²) in [5.41, 5.74) is 19.5. The zero-order valence-electron chi connectivity index (χ0n) is 32.9. The SMILES string of the molecule is CC(C)(C)OC(=O)[C@H](CCC(=O)N[C@@H](CCC(=O)C=[N+]=[N-])C(=O)N[C@@H](CCC(=O)C=[N+]=[N-])C(=O)OC(C)(C)C)NC(=O)OCC1c2ccccc2-c2ccccc21. The van der Waals surface area contributed by atoms with Gasteiger partial charge in [0, 0.05) is 25.2 Å². The summed E-state index contributed by atoms with van der Waals surface area (Å²) in [5, 5.41) is 7.45. The van der Waals surface area contributed by atoms with E-state index in [1.54, 1.807) is 41.5 Å². The molecule has 57 heavy (non-hydrogen) atoms. The molecular formula is C40H49N7O10. The van der Waals surface area contributed by atoms with Crippen molar-refractivity contribution in [1.82, 2.24) is 16.0 Å². The van der Waals surface area contributed by atoms with Gasteiger partial charge in [-0.2, -0.15) is 9.58 Å². The number of ketones is 2. The number of benzene rings is 2. The number of rotatable bonds is 19. The maximum atomic E-state index is 13.6. The lowest BCUT2D eigenvalue weighted by molar-refractivity contribution is -0.159. The van der Waals surface area contributed by atoms with Gasteiger partial charge in [0.05, 0.1) is 0 Å². The topological polar surface area (TPSA) is 256 Å². The monoisotopic (exact) mass is 787 g/mol. The van der Waals surface area contributed by atoms with Gasteiger partial charge in [0.25, 0.3) is 0 Å². The van der Waals surface area contributed by atoms with Crippen molar-refractivity contribution in [3.05, 3.63) is 70.7 Å². The van der Waals surface area contributed by atoms with Crippen LogP contribution in [0.3, 0.4) is 0 Å². The van der Waals surface area contributed by atoms with Crippen molar-refractivity contribution in [3.63, 3.8) is 0 Å². The summed E-state index contributed by atoms with van der Waals surface area (Å²) in [5.74, 6) is -5.01. The Hall–Kier alpha value is -6.31. The normalized spacial score (nSPS) is 13.4. The van der Waals surface area contributed by atoms with Crippen molar-refractivity contribution in [2.75, 3.05) is 6.61 Å². The van der Waals surface area contributed by atoms with Gasteiger partial charge in [0.2, 0.25) is 23.4 Å². The standard InChI is InChI=1S/C40H49N7O10/c1-39(2,3)56-36(52)32(18-16-25(49)22-44-42)46-35(51)31(17-15-24(48)21-43-41)45-34(50)20-19-33(37(53)57-40(4,5)6)47-38(54)55-23-30-28-13-9-7-11-26(28)27-12-8-10-14-29(27)30/h7-14,21-22,30-33H,15-20,23H2,1-6H3,(H,45,50)(H,46,51)(H,47,54)/t31-,32-,33-/m0/s1. The van der Waals surface area contributed by atoms with Crippen molar-refractivity contribution < 1.29 is 57.4 Å². The highest BCUT2D eigenvalue weighted by atomic mass is 16.6. The molecule has 0 bridgehead atoms. The first kappa shape index (κ1) is 45.1. The first-order valence-corrected chi connectivity index (χ1v) is 18.4. The number of nitrogens with zero attached hydrogens (tertiary/aromatic N) is 4. The molecule has 3 N–H and O–H groups in total. The van der Waals surface area contributed by atoms with Crippen molar-refractivity contribution in [2.24, 2.45) is 0 Å². The lowest BCUT2D eigenvalue weighted by Gasteiger charge is -2.26. The first-order valence-electron chi connectivity index (χ1n) is 18.4. The smallest absolute Gasteiger partial charge is 0.407 e. The molecule has 1 aliphatic carbocycles. The van der Waals surface area contributed by atoms with Gasteiger partial charge < -0.3 is 41.2 Å². The average Bonchev–Trinajstić information content (AvgIpc) is 3.44. The van der Waals surface area contributed by atoms with Crippen LogP contribution in [0.4, 0.5) is 4.79 Å². The van der Waals surface area contributed by atoms with Crippen molar-refractivity contribution in [2.45, 2.75) is 115 Å². The van der Waals surface area contributed by atoms with Crippen LogP contribution in [0.25, 0.3) is 22.2 Å². The van der Waals surface area contributed by atoms with Gasteiger partial charge in [-0.1, -0.05) is 48.5 Å². The highest BCUT2D eigenvalue weighted by Gasteiger charge is 2.33. The quantitative estimate of drug-likeness (QED) is 0.0613. The highest BCUT2D eigenvalue weighted by molar-refractivity contribution is 6.25. The minimum absolute atomic E-state index is 0.0363. The van der Waals surface area contributed by atoms with Gasteiger partial charge in [-0.05, 0) is 83.1 Å². The van der Waals surface area contributed by atoms with Crippen molar-refractivity contribution in [3.8, 4) is 11.1 Å². The van der Waals surface area contributed by atoms with Crippen molar-refractivity contribution >= 4 is 53.8 Å². The van der Waals surface area contributed by atoms with E-state index < -0.39 is 77.2 Å². The molecule has 0 saturated heterocycles. The van der Waals surface area contributed by atoms with E-state index in [4.69, 9.17) is 25.3 Å².